The van der Waals surface area contributed by atoms with Crippen molar-refractivity contribution in [3.63, 3.8) is 0 Å². The minimum absolute atomic E-state index is 0.112. The average Bonchev–Trinajstić information content (AvgIpc) is 3.44. The molecule has 30 heavy (non-hydrogen) atoms. The maximum atomic E-state index is 12.9. The Morgan fingerprint density at radius 1 is 1.27 bits per heavy atom. The first-order chi connectivity index (χ1) is 14.6. The van der Waals surface area contributed by atoms with E-state index in [0.717, 1.165) is 29.9 Å². The Labute approximate surface area is 181 Å². The molecule has 1 aromatic carbocycles. The van der Waals surface area contributed by atoms with Gasteiger partial charge in [-0.2, -0.15) is 0 Å². The molecule has 2 N–H and O–H groups in total. The van der Waals surface area contributed by atoms with Gasteiger partial charge in [-0.15, -0.1) is 11.3 Å². The number of thiophene rings is 1. The van der Waals surface area contributed by atoms with Crippen molar-refractivity contribution in [1.82, 2.24) is 15.2 Å². The lowest BCUT2D eigenvalue weighted by Crippen LogP contribution is -2.41. The average molecular weight is 428 g/mol. The highest BCUT2D eigenvalue weighted by Gasteiger charge is 2.26. The zero-order valence-corrected chi connectivity index (χ0v) is 18.6. The summed E-state index contributed by atoms with van der Waals surface area (Å²) < 4.78 is 10.8. The normalized spacial score (nSPS) is 16.5. The number of likely N-dealkylation sites (tertiary alicyclic amines) is 1. The molecular weight excluding hydrogens is 398 g/mol. The SMILES string of the molecule is COc1cc(OC)c2[nH]c(C(=O)NCC(c3cccs3)N3CCC(C)CC3)cc2c1. The second-order valence-corrected chi connectivity index (χ2v) is 8.92. The summed E-state index contributed by atoms with van der Waals surface area (Å²) in [6.07, 6.45) is 2.42. The van der Waals surface area contributed by atoms with Gasteiger partial charge in [0.25, 0.3) is 5.91 Å². The van der Waals surface area contributed by atoms with E-state index in [1.165, 1.54) is 17.7 Å². The molecule has 2 aromatic heterocycles. The van der Waals surface area contributed by atoms with E-state index in [1.54, 1.807) is 25.6 Å². The van der Waals surface area contributed by atoms with Crippen molar-refractivity contribution in [1.29, 1.82) is 0 Å². The Hall–Kier alpha value is -2.51. The van der Waals surface area contributed by atoms with Crippen molar-refractivity contribution in [2.75, 3.05) is 33.9 Å². The molecule has 6 nitrogen and oxygen atoms in total. The van der Waals surface area contributed by atoms with Gasteiger partial charge in [0, 0.05) is 22.9 Å². The van der Waals surface area contributed by atoms with Crippen LogP contribution in [0.3, 0.4) is 0 Å². The predicted octanol–water partition coefficient (Wildman–Crippen LogP) is 4.45. The van der Waals surface area contributed by atoms with Crippen molar-refractivity contribution >= 4 is 28.1 Å². The fourth-order valence-corrected chi connectivity index (χ4v) is 4.96. The van der Waals surface area contributed by atoms with Crippen molar-refractivity contribution in [2.45, 2.75) is 25.8 Å². The fraction of sp³-hybridized carbons (Fsp3) is 0.435. The zero-order chi connectivity index (χ0) is 21.1. The van der Waals surface area contributed by atoms with Crippen LogP contribution in [-0.2, 0) is 0 Å². The number of nitrogens with zero attached hydrogens (tertiary/aromatic N) is 1. The van der Waals surface area contributed by atoms with E-state index in [0.29, 0.717) is 23.7 Å². The van der Waals surface area contributed by atoms with Crippen molar-refractivity contribution in [2.24, 2.45) is 5.92 Å². The molecule has 1 fully saturated rings. The summed E-state index contributed by atoms with van der Waals surface area (Å²) in [5.41, 5.74) is 1.32. The highest BCUT2D eigenvalue weighted by molar-refractivity contribution is 7.10. The van der Waals surface area contributed by atoms with Gasteiger partial charge in [0.15, 0.2) is 0 Å². The first kappa shape index (κ1) is 20.8. The van der Waals surface area contributed by atoms with Crippen LogP contribution in [-0.4, -0.2) is 49.6 Å². The molecule has 0 bridgehead atoms. The number of amides is 1. The third-order valence-corrected chi connectivity index (χ3v) is 6.93. The summed E-state index contributed by atoms with van der Waals surface area (Å²) in [7, 11) is 3.23. The highest BCUT2D eigenvalue weighted by Crippen LogP contribution is 2.32. The van der Waals surface area contributed by atoms with Crippen LogP contribution in [0.15, 0.2) is 35.7 Å². The summed E-state index contributed by atoms with van der Waals surface area (Å²) in [4.78, 5) is 20.0. The highest BCUT2D eigenvalue weighted by atomic mass is 32.1. The number of nitrogens with one attached hydrogen (secondary N) is 2. The number of carbonyl (C=O) groups is 1. The number of H-pyrrole nitrogens is 1. The number of fused-ring (bicyclic) bond motifs is 1. The number of carbonyl (C=O) groups excluding carboxylic acids is 1. The minimum Gasteiger partial charge on any atom is -0.497 e. The molecule has 0 spiro atoms. The van der Waals surface area contributed by atoms with Crippen LogP contribution in [0.25, 0.3) is 10.9 Å². The Kier molecular flexibility index (Phi) is 6.29. The lowest BCUT2D eigenvalue weighted by molar-refractivity contribution is 0.0911. The number of hydrogen-bond acceptors (Lipinski definition) is 5. The van der Waals surface area contributed by atoms with Gasteiger partial charge in [-0.3, -0.25) is 9.69 Å². The van der Waals surface area contributed by atoms with Crippen molar-refractivity contribution < 1.29 is 14.3 Å². The van der Waals surface area contributed by atoms with Gasteiger partial charge in [0.05, 0.1) is 25.8 Å². The smallest absolute Gasteiger partial charge is 0.267 e. The summed E-state index contributed by atoms with van der Waals surface area (Å²) in [6.45, 7) is 5.05. The Balaban J connectivity index is 1.51. The molecule has 0 aliphatic carbocycles. The molecule has 0 radical (unpaired) electrons. The van der Waals surface area contributed by atoms with E-state index in [2.05, 4.69) is 39.6 Å². The van der Waals surface area contributed by atoms with E-state index >= 15 is 0 Å². The summed E-state index contributed by atoms with van der Waals surface area (Å²) in [5, 5.41) is 6.14. The number of aromatic amines is 1. The Morgan fingerprint density at radius 2 is 2.07 bits per heavy atom. The lowest BCUT2D eigenvalue weighted by Gasteiger charge is -2.36. The zero-order valence-electron chi connectivity index (χ0n) is 17.7. The number of piperidine rings is 1. The van der Waals surface area contributed by atoms with E-state index in [9.17, 15) is 4.79 Å². The van der Waals surface area contributed by atoms with Crippen LogP contribution in [0.2, 0.25) is 0 Å². The number of methoxy groups -OCH3 is 2. The van der Waals surface area contributed by atoms with Crippen LogP contribution >= 0.6 is 11.3 Å². The second kappa shape index (κ2) is 9.10. The van der Waals surface area contributed by atoms with E-state index in [-0.39, 0.29) is 11.9 Å². The van der Waals surface area contributed by atoms with Gasteiger partial charge in [-0.25, -0.2) is 0 Å². The lowest BCUT2D eigenvalue weighted by atomic mass is 9.97. The van der Waals surface area contributed by atoms with Gasteiger partial charge >= 0.3 is 0 Å². The first-order valence-electron chi connectivity index (χ1n) is 10.4. The topological polar surface area (TPSA) is 66.6 Å². The molecule has 4 rings (SSSR count). The third-order valence-electron chi connectivity index (χ3n) is 5.95. The molecule has 1 saturated heterocycles. The molecule has 1 amide bonds. The monoisotopic (exact) mass is 427 g/mol. The van der Waals surface area contributed by atoms with Crippen LogP contribution < -0.4 is 14.8 Å². The molecule has 0 saturated carbocycles. The van der Waals surface area contributed by atoms with Gasteiger partial charge in [-0.05, 0) is 55.4 Å². The van der Waals surface area contributed by atoms with Gasteiger partial charge in [0.1, 0.15) is 17.2 Å². The van der Waals surface area contributed by atoms with Gasteiger partial charge in [0.2, 0.25) is 0 Å². The standard InChI is InChI=1S/C23H29N3O3S/c1-15-6-8-26(9-7-15)19(21-5-4-10-30-21)14-24-23(27)18-12-16-11-17(28-2)13-20(29-3)22(16)25-18/h4-5,10-13,15,19,25H,6-9,14H2,1-3H3,(H,24,27). The number of hydrogen-bond donors (Lipinski definition) is 2. The summed E-state index contributed by atoms with van der Waals surface area (Å²) in [5.74, 6) is 2.02. The summed E-state index contributed by atoms with van der Waals surface area (Å²) in [6, 6.07) is 10.0. The van der Waals surface area contributed by atoms with Crippen LogP contribution in [0.4, 0.5) is 0 Å². The molecule has 1 unspecified atom stereocenters. The second-order valence-electron chi connectivity index (χ2n) is 7.94. The maximum Gasteiger partial charge on any atom is 0.267 e. The number of rotatable bonds is 7. The van der Waals surface area contributed by atoms with E-state index in [4.69, 9.17) is 9.47 Å². The van der Waals surface area contributed by atoms with E-state index < -0.39 is 0 Å². The first-order valence-corrected chi connectivity index (χ1v) is 11.3. The molecule has 1 atom stereocenters. The molecule has 1 aliphatic rings. The molecule has 3 aromatic rings. The Bertz CT molecular complexity index is 991. The van der Waals surface area contributed by atoms with Crippen molar-refractivity contribution in [3.8, 4) is 11.5 Å². The quantitative estimate of drug-likeness (QED) is 0.585. The largest absolute Gasteiger partial charge is 0.497 e. The van der Waals surface area contributed by atoms with Crippen LogP contribution in [0, 0.1) is 5.92 Å². The van der Waals surface area contributed by atoms with E-state index in [1.807, 2.05) is 18.2 Å². The third kappa shape index (κ3) is 4.32. The molecule has 3 heterocycles. The van der Waals surface area contributed by atoms with Gasteiger partial charge < -0.3 is 19.8 Å². The minimum atomic E-state index is -0.112. The molecule has 1 aliphatic heterocycles. The fourth-order valence-electron chi connectivity index (χ4n) is 4.10. The summed E-state index contributed by atoms with van der Waals surface area (Å²) >= 11 is 1.75. The predicted molar refractivity (Wildman–Crippen MR) is 121 cm³/mol. The molecule has 160 valence electrons. The number of benzene rings is 1. The number of aromatic nitrogens is 1. The number of ether oxygens (including phenoxy) is 2. The molecular formula is C23H29N3O3S. The van der Waals surface area contributed by atoms with Crippen molar-refractivity contribution in [3.05, 3.63) is 46.3 Å². The Morgan fingerprint density at radius 3 is 2.73 bits per heavy atom. The van der Waals surface area contributed by atoms with Crippen LogP contribution in [0.5, 0.6) is 11.5 Å². The van der Waals surface area contributed by atoms with Crippen LogP contribution in [0.1, 0.15) is 41.2 Å². The van der Waals surface area contributed by atoms with Gasteiger partial charge in [-0.1, -0.05) is 13.0 Å². The molecule has 7 heteroatoms. The maximum absolute atomic E-state index is 12.9.